The van der Waals surface area contributed by atoms with Gasteiger partial charge in [0, 0.05) is 12.1 Å². The summed E-state index contributed by atoms with van der Waals surface area (Å²) in [5.74, 6) is 0.747. The molecule has 1 amide bonds. The van der Waals surface area contributed by atoms with Crippen LogP contribution in [-0.4, -0.2) is 32.7 Å². The van der Waals surface area contributed by atoms with E-state index in [0.29, 0.717) is 22.4 Å². The van der Waals surface area contributed by atoms with E-state index in [1.54, 1.807) is 18.3 Å². The zero-order chi connectivity index (χ0) is 19.8. The predicted octanol–water partition coefficient (Wildman–Crippen LogP) is 4.89. The van der Waals surface area contributed by atoms with Gasteiger partial charge in [0.1, 0.15) is 0 Å². The Balaban J connectivity index is 1.59. The molecule has 1 N–H and O–H groups in total. The topological polar surface area (TPSA) is 75.0 Å². The lowest BCUT2D eigenvalue weighted by Gasteiger charge is -2.24. The number of carbonyl (C=O) groups is 1. The first-order chi connectivity index (χ1) is 13.5. The molecule has 1 aliphatic heterocycles. The van der Waals surface area contributed by atoms with Gasteiger partial charge in [-0.3, -0.25) is 9.89 Å². The summed E-state index contributed by atoms with van der Waals surface area (Å²) < 4.78 is 5.51. The van der Waals surface area contributed by atoms with Crippen molar-refractivity contribution in [3.05, 3.63) is 57.0 Å². The lowest BCUT2D eigenvalue weighted by molar-refractivity contribution is -0.131. The van der Waals surface area contributed by atoms with Crippen LogP contribution in [0.25, 0.3) is 11.3 Å². The van der Waals surface area contributed by atoms with Crippen LogP contribution in [0.5, 0.6) is 0 Å². The van der Waals surface area contributed by atoms with Crippen molar-refractivity contribution in [2.45, 2.75) is 39.2 Å². The number of hydrogen-bond acceptors (Lipinski definition) is 4. The number of H-pyrrole nitrogens is 1. The molecule has 2 aromatic heterocycles. The number of aromatic amines is 1. The molecule has 1 atom stereocenters. The van der Waals surface area contributed by atoms with Crippen LogP contribution in [0.15, 0.2) is 28.9 Å². The van der Waals surface area contributed by atoms with Crippen LogP contribution in [0.3, 0.4) is 0 Å². The summed E-state index contributed by atoms with van der Waals surface area (Å²) >= 11 is 12.1. The molecule has 3 heterocycles. The third-order valence-electron chi connectivity index (χ3n) is 5.32. The molecule has 1 aromatic carbocycles. The van der Waals surface area contributed by atoms with E-state index in [-0.39, 0.29) is 18.4 Å². The number of amides is 1. The maximum absolute atomic E-state index is 13.0. The van der Waals surface area contributed by atoms with Crippen molar-refractivity contribution in [3.63, 3.8) is 0 Å². The number of likely N-dealkylation sites (tertiary alicyclic amines) is 1. The van der Waals surface area contributed by atoms with Gasteiger partial charge in [-0.2, -0.15) is 5.10 Å². The van der Waals surface area contributed by atoms with Crippen LogP contribution in [-0.2, 0) is 11.2 Å². The summed E-state index contributed by atoms with van der Waals surface area (Å²) in [6, 6.07) is 5.22. The Morgan fingerprint density at radius 2 is 2.14 bits per heavy atom. The van der Waals surface area contributed by atoms with E-state index in [1.807, 2.05) is 24.8 Å². The highest BCUT2D eigenvalue weighted by Gasteiger charge is 2.33. The quantitative estimate of drug-likeness (QED) is 0.653. The molecule has 1 saturated heterocycles. The molecule has 0 spiro atoms. The van der Waals surface area contributed by atoms with E-state index >= 15 is 0 Å². The van der Waals surface area contributed by atoms with Crippen molar-refractivity contribution in [1.29, 1.82) is 0 Å². The zero-order valence-electron chi connectivity index (χ0n) is 15.6. The Hall–Kier alpha value is -2.31. The lowest BCUT2D eigenvalue weighted by Crippen LogP contribution is -2.32. The van der Waals surface area contributed by atoms with Gasteiger partial charge in [0.25, 0.3) is 0 Å². The molecule has 0 unspecified atom stereocenters. The summed E-state index contributed by atoms with van der Waals surface area (Å²) in [7, 11) is 0. The smallest absolute Gasteiger partial charge is 0.227 e. The SMILES string of the molecule is Cc1noc(-c2cn[nH]c2[C@H]2CCCN2C(=O)Cc2ccc(Cl)c(Cl)c2)c1C. The van der Waals surface area contributed by atoms with Gasteiger partial charge in [-0.25, -0.2) is 0 Å². The fraction of sp³-hybridized carbons (Fsp3) is 0.350. The van der Waals surface area contributed by atoms with Crippen molar-refractivity contribution >= 4 is 29.1 Å². The van der Waals surface area contributed by atoms with E-state index in [2.05, 4.69) is 15.4 Å². The minimum atomic E-state index is -0.0717. The van der Waals surface area contributed by atoms with Gasteiger partial charge in [-0.1, -0.05) is 34.4 Å². The summed E-state index contributed by atoms with van der Waals surface area (Å²) in [6.07, 6.45) is 3.82. The Labute approximate surface area is 172 Å². The fourth-order valence-corrected chi connectivity index (χ4v) is 4.01. The monoisotopic (exact) mass is 418 g/mol. The number of nitrogens with zero attached hydrogens (tertiary/aromatic N) is 3. The van der Waals surface area contributed by atoms with Crippen LogP contribution in [0, 0.1) is 13.8 Å². The largest absolute Gasteiger partial charge is 0.356 e. The summed E-state index contributed by atoms with van der Waals surface area (Å²) in [4.78, 5) is 14.9. The van der Waals surface area contributed by atoms with Crippen molar-refractivity contribution < 1.29 is 9.32 Å². The van der Waals surface area contributed by atoms with Gasteiger partial charge in [0.15, 0.2) is 5.76 Å². The minimum absolute atomic E-state index is 0.0481. The Kier molecular flexibility index (Phi) is 5.17. The Morgan fingerprint density at radius 3 is 2.86 bits per heavy atom. The molecule has 6 nitrogen and oxygen atoms in total. The second kappa shape index (κ2) is 7.60. The number of benzene rings is 1. The Morgan fingerprint density at radius 1 is 1.32 bits per heavy atom. The molecule has 146 valence electrons. The number of nitrogens with one attached hydrogen (secondary N) is 1. The highest BCUT2D eigenvalue weighted by molar-refractivity contribution is 6.42. The third kappa shape index (κ3) is 3.42. The second-order valence-electron chi connectivity index (χ2n) is 7.09. The number of aromatic nitrogens is 3. The zero-order valence-corrected chi connectivity index (χ0v) is 17.1. The molecule has 28 heavy (non-hydrogen) atoms. The molecule has 0 radical (unpaired) electrons. The van der Waals surface area contributed by atoms with Crippen LogP contribution in [0.1, 0.15) is 41.4 Å². The van der Waals surface area contributed by atoms with Crippen molar-refractivity contribution in [1.82, 2.24) is 20.3 Å². The molecule has 0 bridgehead atoms. The van der Waals surface area contributed by atoms with Gasteiger partial charge >= 0.3 is 0 Å². The summed E-state index contributed by atoms with van der Waals surface area (Å²) in [6.45, 7) is 4.59. The maximum atomic E-state index is 13.0. The average molecular weight is 419 g/mol. The third-order valence-corrected chi connectivity index (χ3v) is 6.06. The molecule has 8 heteroatoms. The standard InChI is InChI=1S/C20H20Cl2N4O2/c1-11-12(2)25-28-20(11)14-10-23-24-19(14)17-4-3-7-26(17)18(27)9-13-5-6-15(21)16(22)8-13/h5-6,8,10,17H,3-4,7,9H2,1-2H3,(H,23,24)/t17-/m1/s1. The Bertz CT molecular complexity index is 1030. The minimum Gasteiger partial charge on any atom is -0.356 e. The summed E-state index contributed by atoms with van der Waals surface area (Å²) in [5, 5.41) is 12.3. The van der Waals surface area contributed by atoms with Gasteiger partial charge < -0.3 is 9.42 Å². The molecular formula is C20H20Cl2N4O2. The molecule has 4 rings (SSSR count). The number of rotatable bonds is 4. The van der Waals surface area contributed by atoms with E-state index in [0.717, 1.165) is 40.9 Å². The number of hydrogen-bond donors (Lipinski definition) is 1. The van der Waals surface area contributed by atoms with E-state index in [9.17, 15) is 4.79 Å². The number of carbonyl (C=O) groups excluding carboxylic acids is 1. The highest BCUT2D eigenvalue weighted by atomic mass is 35.5. The first-order valence-electron chi connectivity index (χ1n) is 9.15. The van der Waals surface area contributed by atoms with E-state index in [4.69, 9.17) is 27.7 Å². The molecule has 1 aliphatic rings. The molecule has 1 fully saturated rings. The van der Waals surface area contributed by atoms with Crippen LogP contribution in [0.4, 0.5) is 0 Å². The van der Waals surface area contributed by atoms with Crippen LogP contribution < -0.4 is 0 Å². The first kappa shape index (κ1) is 19.0. The van der Waals surface area contributed by atoms with Gasteiger partial charge in [-0.05, 0) is 44.4 Å². The van der Waals surface area contributed by atoms with E-state index in [1.165, 1.54) is 0 Å². The van der Waals surface area contributed by atoms with Gasteiger partial charge in [-0.15, -0.1) is 0 Å². The van der Waals surface area contributed by atoms with E-state index < -0.39 is 0 Å². The highest BCUT2D eigenvalue weighted by Crippen LogP contribution is 2.38. The molecular weight excluding hydrogens is 399 g/mol. The van der Waals surface area contributed by atoms with Crippen molar-refractivity contribution in [2.24, 2.45) is 0 Å². The van der Waals surface area contributed by atoms with Gasteiger partial charge in [0.05, 0.1) is 45.7 Å². The summed E-state index contributed by atoms with van der Waals surface area (Å²) in [5.41, 5.74) is 4.42. The fourth-order valence-electron chi connectivity index (χ4n) is 3.69. The van der Waals surface area contributed by atoms with Crippen LogP contribution in [0.2, 0.25) is 10.0 Å². The number of aryl methyl sites for hydroxylation is 1. The second-order valence-corrected chi connectivity index (χ2v) is 7.90. The lowest BCUT2D eigenvalue weighted by atomic mass is 10.0. The maximum Gasteiger partial charge on any atom is 0.227 e. The first-order valence-corrected chi connectivity index (χ1v) is 9.91. The molecule has 3 aromatic rings. The van der Waals surface area contributed by atoms with Crippen LogP contribution >= 0.6 is 23.2 Å². The average Bonchev–Trinajstić information content (AvgIpc) is 3.39. The van der Waals surface area contributed by atoms with Gasteiger partial charge in [0.2, 0.25) is 5.91 Å². The molecule has 0 aliphatic carbocycles. The normalized spacial score (nSPS) is 16.7. The van der Waals surface area contributed by atoms with Crippen molar-refractivity contribution in [3.8, 4) is 11.3 Å². The molecule has 0 saturated carbocycles. The predicted molar refractivity (Wildman–Crippen MR) is 107 cm³/mol. The number of halogens is 2. The van der Waals surface area contributed by atoms with Crippen molar-refractivity contribution in [2.75, 3.05) is 6.54 Å².